The molecule has 1 heterocycles. The second-order valence-corrected chi connectivity index (χ2v) is 8.29. The average Bonchev–Trinajstić information content (AvgIpc) is 3.00. The van der Waals surface area contributed by atoms with E-state index < -0.39 is 0 Å². The third kappa shape index (κ3) is 5.19. The second kappa shape index (κ2) is 10.5. The van der Waals surface area contributed by atoms with Gasteiger partial charge >= 0.3 is 0 Å². The summed E-state index contributed by atoms with van der Waals surface area (Å²) >= 11 is 3.49. The maximum Gasteiger partial charge on any atom is 0.154 e. The molecule has 0 aliphatic carbocycles. The number of nitrogens with zero attached hydrogens (tertiary/aromatic N) is 2. The van der Waals surface area contributed by atoms with E-state index in [-0.39, 0.29) is 0 Å². The van der Waals surface area contributed by atoms with Crippen molar-refractivity contribution in [1.29, 1.82) is 0 Å². The molecule has 0 unspecified atom stereocenters. The number of hydrazone groups is 1. The average molecular weight is 492 g/mol. The van der Waals surface area contributed by atoms with Gasteiger partial charge in [-0.05, 0) is 67.9 Å². The first-order valence-electron chi connectivity index (χ1n) is 10.9. The summed E-state index contributed by atoms with van der Waals surface area (Å²) in [5.74, 6) is 2.35. The minimum absolute atomic E-state index is 0.598. The van der Waals surface area contributed by atoms with Gasteiger partial charge in [0.05, 0.1) is 18.9 Å². The zero-order chi connectivity index (χ0) is 22.3. The third-order valence-corrected chi connectivity index (χ3v) is 5.58. The van der Waals surface area contributed by atoms with Crippen LogP contribution in [0.1, 0.15) is 43.4 Å². The van der Waals surface area contributed by atoms with Crippen LogP contribution in [-0.2, 0) is 0 Å². The van der Waals surface area contributed by atoms with E-state index in [9.17, 15) is 0 Å². The van der Waals surface area contributed by atoms with E-state index in [0.29, 0.717) is 12.4 Å². The quantitative estimate of drug-likeness (QED) is 0.367. The summed E-state index contributed by atoms with van der Waals surface area (Å²) in [6, 6.07) is 22.0. The number of aliphatic imine (C=N–C) groups is 1. The molecule has 1 aliphatic heterocycles. The van der Waals surface area contributed by atoms with E-state index in [1.54, 1.807) is 0 Å². The first-order valence-corrected chi connectivity index (χ1v) is 11.7. The largest absolute Gasteiger partial charge is 0.494 e. The Balaban J connectivity index is 1.71. The van der Waals surface area contributed by atoms with Crippen molar-refractivity contribution < 1.29 is 9.47 Å². The van der Waals surface area contributed by atoms with Crippen LogP contribution in [0.4, 0.5) is 5.69 Å². The van der Waals surface area contributed by atoms with Gasteiger partial charge in [0.2, 0.25) is 0 Å². The Labute approximate surface area is 197 Å². The Hall–Kier alpha value is -3.12. The zero-order valence-electron chi connectivity index (χ0n) is 18.3. The number of ether oxygens (including phenoxy) is 2. The number of fused-ring (bicyclic) bond motifs is 1. The van der Waals surface area contributed by atoms with Crippen molar-refractivity contribution in [2.45, 2.75) is 26.7 Å². The van der Waals surface area contributed by atoms with Crippen LogP contribution in [0.25, 0.3) is 0 Å². The number of unbranched alkanes of at least 4 members (excludes halogenated alkanes) is 1. The topological polar surface area (TPSA) is 55.2 Å². The number of amidine groups is 1. The summed E-state index contributed by atoms with van der Waals surface area (Å²) in [5, 5.41) is 4.75. The molecule has 0 fully saturated rings. The van der Waals surface area contributed by atoms with Gasteiger partial charge in [0, 0.05) is 21.2 Å². The molecular formula is C26H26BrN3O2. The Morgan fingerprint density at radius 3 is 2.28 bits per heavy atom. The van der Waals surface area contributed by atoms with Gasteiger partial charge in [0.25, 0.3) is 0 Å². The van der Waals surface area contributed by atoms with Crippen LogP contribution in [0.2, 0.25) is 0 Å². The van der Waals surface area contributed by atoms with Crippen molar-refractivity contribution in [3.63, 3.8) is 0 Å². The molecule has 0 radical (unpaired) electrons. The van der Waals surface area contributed by atoms with Gasteiger partial charge in [-0.25, -0.2) is 4.99 Å². The van der Waals surface area contributed by atoms with E-state index in [1.807, 2.05) is 73.7 Å². The van der Waals surface area contributed by atoms with Gasteiger partial charge in [0.15, 0.2) is 5.84 Å². The van der Waals surface area contributed by atoms with Crippen molar-refractivity contribution in [2.75, 3.05) is 13.2 Å². The van der Waals surface area contributed by atoms with E-state index in [4.69, 9.17) is 19.6 Å². The minimum Gasteiger partial charge on any atom is -0.494 e. The van der Waals surface area contributed by atoms with Gasteiger partial charge in [-0.3, -0.25) is 5.43 Å². The molecule has 0 bridgehead atoms. The predicted molar refractivity (Wildman–Crippen MR) is 134 cm³/mol. The fraction of sp³-hybridized carbons (Fsp3) is 0.231. The first kappa shape index (κ1) is 22.1. The summed E-state index contributed by atoms with van der Waals surface area (Å²) in [5.41, 5.74) is 7.65. The van der Waals surface area contributed by atoms with E-state index in [1.165, 1.54) is 0 Å². The third-order valence-electron chi connectivity index (χ3n) is 5.05. The van der Waals surface area contributed by atoms with Crippen molar-refractivity contribution in [2.24, 2.45) is 10.1 Å². The smallest absolute Gasteiger partial charge is 0.154 e. The number of benzene rings is 3. The Kier molecular flexibility index (Phi) is 7.22. The predicted octanol–water partition coefficient (Wildman–Crippen LogP) is 6.46. The molecule has 5 nitrogen and oxygen atoms in total. The molecule has 164 valence electrons. The lowest BCUT2D eigenvalue weighted by Crippen LogP contribution is -2.19. The summed E-state index contributed by atoms with van der Waals surface area (Å²) in [4.78, 5) is 4.88. The first-order chi connectivity index (χ1) is 15.7. The summed E-state index contributed by atoms with van der Waals surface area (Å²) in [6.45, 7) is 5.45. The monoisotopic (exact) mass is 491 g/mol. The van der Waals surface area contributed by atoms with E-state index in [2.05, 4.69) is 28.3 Å². The molecule has 0 saturated carbocycles. The molecule has 0 spiro atoms. The number of nitrogens with one attached hydrogen (secondary N) is 1. The molecule has 4 rings (SSSR count). The highest BCUT2D eigenvalue weighted by Gasteiger charge is 2.18. The summed E-state index contributed by atoms with van der Waals surface area (Å²) in [6.07, 6.45) is 2.16. The van der Waals surface area contributed by atoms with Crippen LogP contribution >= 0.6 is 15.9 Å². The lowest BCUT2D eigenvalue weighted by Gasteiger charge is -2.11. The van der Waals surface area contributed by atoms with Gasteiger partial charge < -0.3 is 9.47 Å². The molecule has 0 amide bonds. The molecule has 0 aromatic heterocycles. The Bertz CT molecular complexity index is 1120. The van der Waals surface area contributed by atoms with Crippen molar-refractivity contribution >= 4 is 33.2 Å². The molecule has 0 saturated heterocycles. The summed E-state index contributed by atoms with van der Waals surface area (Å²) in [7, 11) is 0. The molecule has 1 aliphatic rings. The van der Waals surface area contributed by atoms with E-state index in [0.717, 1.165) is 63.5 Å². The van der Waals surface area contributed by atoms with Crippen LogP contribution in [0.5, 0.6) is 11.5 Å². The molecule has 32 heavy (non-hydrogen) atoms. The second-order valence-electron chi connectivity index (χ2n) is 7.38. The lowest BCUT2D eigenvalue weighted by atomic mass is 10.0. The van der Waals surface area contributed by atoms with Gasteiger partial charge in [-0.2, -0.15) is 5.10 Å². The van der Waals surface area contributed by atoms with Crippen LogP contribution in [-0.4, -0.2) is 24.8 Å². The van der Waals surface area contributed by atoms with Crippen molar-refractivity contribution in [3.8, 4) is 11.5 Å². The molecular weight excluding hydrogens is 466 g/mol. The Morgan fingerprint density at radius 1 is 0.844 bits per heavy atom. The summed E-state index contributed by atoms with van der Waals surface area (Å²) < 4.78 is 12.6. The molecule has 0 atom stereocenters. The highest BCUT2D eigenvalue weighted by atomic mass is 79.9. The SMILES string of the molecule is CCCCOc1ccc(C2=NNC(c3ccc(Br)cc3)=Nc3ccc(OCC)cc32)cc1. The fourth-order valence-electron chi connectivity index (χ4n) is 3.37. The number of hydrogen-bond donors (Lipinski definition) is 1. The van der Waals surface area contributed by atoms with E-state index >= 15 is 0 Å². The van der Waals surface area contributed by atoms with Gasteiger partial charge in [0.1, 0.15) is 17.2 Å². The molecule has 6 heteroatoms. The molecule has 3 aromatic carbocycles. The number of rotatable bonds is 8. The normalized spacial score (nSPS) is 12.7. The van der Waals surface area contributed by atoms with Crippen LogP contribution in [0, 0.1) is 0 Å². The maximum atomic E-state index is 5.82. The maximum absolute atomic E-state index is 5.82. The van der Waals surface area contributed by atoms with Gasteiger partial charge in [-0.1, -0.05) is 41.4 Å². The van der Waals surface area contributed by atoms with Crippen LogP contribution in [0.15, 0.2) is 81.3 Å². The zero-order valence-corrected chi connectivity index (χ0v) is 19.9. The lowest BCUT2D eigenvalue weighted by molar-refractivity contribution is 0.309. The molecule has 3 aromatic rings. The van der Waals surface area contributed by atoms with Crippen molar-refractivity contribution in [1.82, 2.24) is 5.43 Å². The van der Waals surface area contributed by atoms with Crippen LogP contribution in [0.3, 0.4) is 0 Å². The van der Waals surface area contributed by atoms with Gasteiger partial charge in [-0.15, -0.1) is 0 Å². The standard InChI is InChI=1S/C26H26BrN3O2/c1-3-5-16-32-21-12-8-18(9-13-21)25-23-17-22(31-4-2)14-15-24(23)28-26(30-29-25)19-6-10-20(27)11-7-19/h6-15,17H,3-5,16H2,1-2H3,(H,28,30). The highest BCUT2D eigenvalue weighted by molar-refractivity contribution is 9.10. The highest BCUT2D eigenvalue weighted by Crippen LogP contribution is 2.30. The minimum atomic E-state index is 0.598. The number of halogens is 1. The fourth-order valence-corrected chi connectivity index (χ4v) is 3.64. The van der Waals surface area contributed by atoms with Crippen LogP contribution < -0.4 is 14.9 Å². The number of hydrogen-bond acceptors (Lipinski definition) is 5. The van der Waals surface area contributed by atoms with Crippen molar-refractivity contribution in [3.05, 3.63) is 87.9 Å². The Morgan fingerprint density at radius 2 is 1.56 bits per heavy atom. The molecule has 1 N–H and O–H groups in total.